The zero-order valence-electron chi connectivity index (χ0n) is 13.9. The molecule has 4 heteroatoms. The number of rotatable bonds is 7. The zero-order valence-corrected chi connectivity index (χ0v) is 13.9. The van der Waals surface area contributed by atoms with Gasteiger partial charge in [0, 0.05) is 18.0 Å². The SMILES string of the molecule is CCNCC1CCc2nc(C(CC)OCC)nc(C)c2C1. The number of nitrogens with one attached hydrogen (secondary N) is 1. The van der Waals surface area contributed by atoms with Crippen molar-refractivity contribution in [2.45, 2.75) is 59.5 Å². The first kappa shape index (κ1) is 16.4. The molecule has 1 N–H and O–H groups in total. The molecule has 4 nitrogen and oxygen atoms in total. The van der Waals surface area contributed by atoms with Crippen molar-refractivity contribution in [3.8, 4) is 0 Å². The predicted octanol–water partition coefficient (Wildman–Crippen LogP) is 2.99. The first-order valence-corrected chi connectivity index (χ1v) is 8.38. The van der Waals surface area contributed by atoms with Gasteiger partial charge < -0.3 is 10.1 Å². The molecular weight excluding hydrogens is 262 g/mol. The van der Waals surface area contributed by atoms with E-state index < -0.39 is 0 Å². The van der Waals surface area contributed by atoms with Crippen LogP contribution in [0.3, 0.4) is 0 Å². The van der Waals surface area contributed by atoms with Gasteiger partial charge in [-0.3, -0.25) is 0 Å². The lowest BCUT2D eigenvalue weighted by Crippen LogP contribution is -2.28. The van der Waals surface area contributed by atoms with Crippen LogP contribution in [0.15, 0.2) is 0 Å². The first-order chi connectivity index (χ1) is 10.2. The third-order valence-electron chi connectivity index (χ3n) is 4.31. The smallest absolute Gasteiger partial charge is 0.157 e. The summed E-state index contributed by atoms with van der Waals surface area (Å²) in [6, 6.07) is 0. The quantitative estimate of drug-likeness (QED) is 0.839. The molecule has 0 fully saturated rings. The Morgan fingerprint density at radius 3 is 2.76 bits per heavy atom. The molecule has 0 saturated heterocycles. The summed E-state index contributed by atoms with van der Waals surface area (Å²) >= 11 is 0. The Balaban J connectivity index is 2.17. The van der Waals surface area contributed by atoms with Gasteiger partial charge in [0.25, 0.3) is 0 Å². The van der Waals surface area contributed by atoms with Crippen LogP contribution < -0.4 is 5.32 Å². The highest BCUT2D eigenvalue weighted by Crippen LogP contribution is 2.28. The van der Waals surface area contributed by atoms with E-state index in [9.17, 15) is 0 Å². The van der Waals surface area contributed by atoms with Gasteiger partial charge in [0.15, 0.2) is 5.82 Å². The van der Waals surface area contributed by atoms with E-state index in [0.717, 1.165) is 49.8 Å². The molecule has 1 aliphatic rings. The van der Waals surface area contributed by atoms with Gasteiger partial charge in [-0.05, 0) is 64.1 Å². The van der Waals surface area contributed by atoms with Crippen LogP contribution in [0.4, 0.5) is 0 Å². The molecule has 0 radical (unpaired) electrons. The molecule has 1 aromatic heterocycles. The Hall–Kier alpha value is -1.00. The van der Waals surface area contributed by atoms with E-state index in [-0.39, 0.29) is 6.10 Å². The van der Waals surface area contributed by atoms with Gasteiger partial charge in [-0.15, -0.1) is 0 Å². The van der Waals surface area contributed by atoms with Crippen LogP contribution in [0.25, 0.3) is 0 Å². The van der Waals surface area contributed by atoms with E-state index >= 15 is 0 Å². The molecule has 1 aromatic rings. The number of hydrogen-bond acceptors (Lipinski definition) is 4. The maximum absolute atomic E-state index is 5.76. The first-order valence-electron chi connectivity index (χ1n) is 8.38. The van der Waals surface area contributed by atoms with Gasteiger partial charge in [-0.25, -0.2) is 9.97 Å². The molecule has 118 valence electrons. The summed E-state index contributed by atoms with van der Waals surface area (Å²) in [7, 11) is 0. The zero-order chi connectivity index (χ0) is 15.2. The summed E-state index contributed by atoms with van der Waals surface area (Å²) in [5.41, 5.74) is 3.78. The third kappa shape index (κ3) is 4.01. The van der Waals surface area contributed by atoms with E-state index in [0.29, 0.717) is 6.61 Å². The fraction of sp³-hybridized carbons (Fsp3) is 0.765. The Morgan fingerprint density at radius 2 is 2.10 bits per heavy atom. The van der Waals surface area contributed by atoms with E-state index in [2.05, 4.69) is 26.1 Å². The van der Waals surface area contributed by atoms with Crippen molar-refractivity contribution in [3.05, 3.63) is 22.8 Å². The largest absolute Gasteiger partial charge is 0.371 e. The highest BCUT2D eigenvalue weighted by atomic mass is 16.5. The molecule has 21 heavy (non-hydrogen) atoms. The molecule has 2 atom stereocenters. The predicted molar refractivity (Wildman–Crippen MR) is 85.5 cm³/mol. The average molecular weight is 291 g/mol. The Morgan fingerprint density at radius 1 is 1.29 bits per heavy atom. The van der Waals surface area contributed by atoms with Gasteiger partial charge in [0.05, 0.1) is 0 Å². The van der Waals surface area contributed by atoms with Gasteiger partial charge in [0.2, 0.25) is 0 Å². The Bertz CT molecular complexity index is 462. The van der Waals surface area contributed by atoms with Crippen LogP contribution in [0.5, 0.6) is 0 Å². The Labute approximate surface area is 128 Å². The number of hydrogen-bond donors (Lipinski definition) is 1. The molecule has 2 unspecified atom stereocenters. The second-order valence-electron chi connectivity index (χ2n) is 5.86. The monoisotopic (exact) mass is 291 g/mol. The minimum Gasteiger partial charge on any atom is -0.371 e. The van der Waals surface area contributed by atoms with E-state index in [4.69, 9.17) is 14.7 Å². The van der Waals surface area contributed by atoms with E-state index in [1.54, 1.807) is 0 Å². The second kappa shape index (κ2) is 7.85. The van der Waals surface area contributed by atoms with Crippen LogP contribution in [0.2, 0.25) is 0 Å². The summed E-state index contributed by atoms with van der Waals surface area (Å²) in [4.78, 5) is 9.56. The molecule has 0 bridgehead atoms. The lowest BCUT2D eigenvalue weighted by molar-refractivity contribution is 0.0531. The minimum absolute atomic E-state index is 0.0403. The van der Waals surface area contributed by atoms with Crippen molar-refractivity contribution >= 4 is 0 Å². The number of aryl methyl sites for hydroxylation is 2. The van der Waals surface area contributed by atoms with Gasteiger partial charge in [-0.2, -0.15) is 0 Å². The number of fused-ring (bicyclic) bond motifs is 1. The Kier molecular flexibility index (Phi) is 6.12. The minimum atomic E-state index is 0.0403. The summed E-state index contributed by atoms with van der Waals surface area (Å²) in [6.45, 7) is 11.3. The normalized spacial score (nSPS) is 19.3. The highest BCUT2D eigenvalue weighted by Gasteiger charge is 2.24. The van der Waals surface area contributed by atoms with Crippen molar-refractivity contribution in [2.75, 3.05) is 19.7 Å². The second-order valence-corrected chi connectivity index (χ2v) is 5.86. The van der Waals surface area contributed by atoms with Crippen molar-refractivity contribution in [3.63, 3.8) is 0 Å². The summed E-state index contributed by atoms with van der Waals surface area (Å²) in [5, 5.41) is 3.46. The molecule has 1 aliphatic carbocycles. The fourth-order valence-electron chi connectivity index (χ4n) is 3.13. The summed E-state index contributed by atoms with van der Waals surface area (Å²) in [6.07, 6.45) is 4.37. The van der Waals surface area contributed by atoms with E-state index in [1.807, 2.05) is 6.92 Å². The topological polar surface area (TPSA) is 47.0 Å². The van der Waals surface area contributed by atoms with Crippen molar-refractivity contribution in [1.29, 1.82) is 0 Å². The van der Waals surface area contributed by atoms with Crippen LogP contribution >= 0.6 is 0 Å². The van der Waals surface area contributed by atoms with Crippen LogP contribution in [-0.4, -0.2) is 29.7 Å². The highest BCUT2D eigenvalue weighted by molar-refractivity contribution is 5.28. The maximum atomic E-state index is 5.76. The van der Waals surface area contributed by atoms with Gasteiger partial charge in [0.1, 0.15) is 6.10 Å². The van der Waals surface area contributed by atoms with Crippen LogP contribution in [0.1, 0.15) is 62.5 Å². The lowest BCUT2D eigenvalue weighted by Gasteiger charge is -2.26. The number of nitrogens with zero attached hydrogens (tertiary/aromatic N) is 2. The molecular formula is C17H29N3O. The van der Waals surface area contributed by atoms with Gasteiger partial charge in [-0.1, -0.05) is 13.8 Å². The standard InChI is InChI=1S/C17H29N3O/c1-5-16(21-7-3)17-19-12(4)14-10-13(11-18-6-2)8-9-15(14)20-17/h13,16,18H,5-11H2,1-4H3. The van der Waals surface area contributed by atoms with Crippen molar-refractivity contribution in [2.24, 2.45) is 5.92 Å². The van der Waals surface area contributed by atoms with Gasteiger partial charge >= 0.3 is 0 Å². The molecule has 0 spiro atoms. The van der Waals surface area contributed by atoms with Crippen molar-refractivity contribution in [1.82, 2.24) is 15.3 Å². The van der Waals surface area contributed by atoms with Crippen LogP contribution in [-0.2, 0) is 17.6 Å². The molecule has 0 saturated carbocycles. The summed E-state index contributed by atoms with van der Waals surface area (Å²) < 4.78 is 5.76. The number of aromatic nitrogens is 2. The van der Waals surface area contributed by atoms with Crippen molar-refractivity contribution < 1.29 is 4.74 Å². The summed E-state index contributed by atoms with van der Waals surface area (Å²) in [5.74, 6) is 1.60. The molecule has 0 amide bonds. The third-order valence-corrected chi connectivity index (χ3v) is 4.31. The van der Waals surface area contributed by atoms with Crippen LogP contribution in [0, 0.1) is 12.8 Å². The molecule has 0 aromatic carbocycles. The molecule has 1 heterocycles. The van der Waals surface area contributed by atoms with E-state index in [1.165, 1.54) is 17.7 Å². The average Bonchev–Trinajstić information content (AvgIpc) is 2.50. The molecule has 2 rings (SSSR count). The number of ether oxygens (including phenoxy) is 1. The molecule has 0 aliphatic heterocycles. The maximum Gasteiger partial charge on any atom is 0.157 e. The lowest BCUT2D eigenvalue weighted by atomic mass is 9.85. The fourth-order valence-corrected chi connectivity index (χ4v) is 3.13.